The Bertz CT molecular complexity index is 1000. The van der Waals surface area contributed by atoms with Gasteiger partial charge >= 0.3 is 5.97 Å². The fourth-order valence-corrected chi connectivity index (χ4v) is 2.90. The van der Waals surface area contributed by atoms with Gasteiger partial charge in [-0.2, -0.15) is 5.26 Å². The van der Waals surface area contributed by atoms with E-state index >= 15 is 0 Å². The van der Waals surface area contributed by atoms with Gasteiger partial charge in [-0.1, -0.05) is 23.7 Å². The summed E-state index contributed by atoms with van der Waals surface area (Å²) in [6, 6.07) is 13.4. The van der Waals surface area contributed by atoms with E-state index in [9.17, 15) is 14.4 Å². The van der Waals surface area contributed by atoms with Gasteiger partial charge in [0.1, 0.15) is 11.8 Å². The van der Waals surface area contributed by atoms with Gasteiger partial charge in [0, 0.05) is 11.6 Å². The topological polar surface area (TPSA) is 109 Å². The van der Waals surface area contributed by atoms with Crippen molar-refractivity contribution < 1.29 is 23.9 Å². The van der Waals surface area contributed by atoms with Crippen LogP contribution in [0, 0.1) is 11.3 Å². The van der Waals surface area contributed by atoms with Crippen LogP contribution in [0.25, 0.3) is 0 Å². The van der Waals surface area contributed by atoms with Crippen molar-refractivity contribution in [1.82, 2.24) is 0 Å². The lowest BCUT2D eigenvalue weighted by Crippen LogP contribution is -2.40. The molecule has 0 saturated carbocycles. The fourth-order valence-electron chi connectivity index (χ4n) is 2.72. The predicted molar refractivity (Wildman–Crippen MR) is 105 cm³/mol. The summed E-state index contributed by atoms with van der Waals surface area (Å²) in [6.45, 7) is -0.522. The lowest BCUT2D eigenvalue weighted by Gasteiger charge is -2.28. The third-order valence-corrected chi connectivity index (χ3v) is 4.32. The van der Waals surface area contributed by atoms with Crippen molar-refractivity contribution in [2.75, 3.05) is 30.0 Å². The lowest BCUT2D eigenvalue weighted by molar-refractivity contribution is -0.147. The molecule has 1 N–H and O–H groups in total. The molecule has 0 aliphatic carbocycles. The van der Waals surface area contributed by atoms with E-state index in [0.717, 1.165) is 0 Å². The number of carbonyl (C=O) groups excluding carboxylic acids is 3. The Balaban J connectivity index is 1.51. The molecule has 3 rings (SSSR count). The second-order valence-electron chi connectivity index (χ2n) is 6.06. The number of hydrogen-bond donors (Lipinski definition) is 1. The van der Waals surface area contributed by atoms with Crippen molar-refractivity contribution in [3.8, 4) is 11.8 Å². The van der Waals surface area contributed by atoms with E-state index in [4.69, 9.17) is 26.3 Å². The number of esters is 1. The zero-order valence-electron chi connectivity index (χ0n) is 15.2. The van der Waals surface area contributed by atoms with E-state index in [2.05, 4.69) is 5.32 Å². The average Bonchev–Trinajstić information content (AvgIpc) is 2.71. The summed E-state index contributed by atoms with van der Waals surface area (Å²) in [5, 5.41) is 11.9. The Morgan fingerprint density at radius 2 is 2.07 bits per heavy atom. The van der Waals surface area contributed by atoms with Crippen LogP contribution in [-0.2, 0) is 19.1 Å². The van der Waals surface area contributed by atoms with Crippen LogP contribution in [0.2, 0.25) is 5.02 Å². The molecule has 0 spiro atoms. The Kier molecular flexibility index (Phi) is 6.32. The summed E-state index contributed by atoms with van der Waals surface area (Å²) in [4.78, 5) is 37.5. The molecule has 9 heteroatoms. The predicted octanol–water partition coefficient (Wildman–Crippen LogP) is 2.51. The molecule has 0 radical (unpaired) electrons. The molecule has 2 amide bonds. The largest absolute Gasteiger partial charge is 0.482 e. The number of nitriles is 1. The van der Waals surface area contributed by atoms with E-state index in [1.54, 1.807) is 24.3 Å². The number of benzene rings is 2. The van der Waals surface area contributed by atoms with Gasteiger partial charge in [0.15, 0.2) is 13.2 Å². The van der Waals surface area contributed by atoms with E-state index in [-0.39, 0.29) is 36.7 Å². The SMILES string of the molecule is N#Cc1ccc(Cl)cc1NC(=O)COC(=O)CCN1C(=O)COc2ccccc21. The first-order valence-corrected chi connectivity index (χ1v) is 9.03. The van der Waals surface area contributed by atoms with Crippen LogP contribution in [0.15, 0.2) is 42.5 Å². The molecule has 0 bridgehead atoms. The second kappa shape index (κ2) is 9.08. The summed E-state index contributed by atoms with van der Waals surface area (Å²) in [5.74, 6) is -0.942. The van der Waals surface area contributed by atoms with Crippen LogP contribution in [-0.4, -0.2) is 37.5 Å². The molecule has 8 nitrogen and oxygen atoms in total. The van der Waals surface area contributed by atoms with Crippen molar-refractivity contribution in [2.24, 2.45) is 0 Å². The van der Waals surface area contributed by atoms with Gasteiger partial charge in [-0.3, -0.25) is 14.4 Å². The number of amides is 2. The number of carbonyl (C=O) groups is 3. The summed E-state index contributed by atoms with van der Waals surface area (Å²) >= 11 is 5.86. The first kappa shape index (κ1) is 20.2. The van der Waals surface area contributed by atoms with E-state index in [1.165, 1.54) is 23.1 Å². The highest BCUT2D eigenvalue weighted by Crippen LogP contribution is 2.31. The zero-order valence-corrected chi connectivity index (χ0v) is 15.9. The number of halogens is 1. The van der Waals surface area contributed by atoms with Crippen molar-refractivity contribution in [3.05, 3.63) is 53.1 Å². The molecule has 1 heterocycles. The molecule has 0 atom stereocenters. The van der Waals surface area contributed by atoms with Crippen LogP contribution < -0.4 is 15.0 Å². The Morgan fingerprint density at radius 1 is 1.28 bits per heavy atom. The molecule has 1 aliphatic rings. The lowest BCUT2D eigenvalue weighted by atomic mass is 10.2. The molecule has 148 valence electrons. The van der Waals surface area contributed by atoms with Crippen molar-refractivity contribution in [1.29, 1.82) is 5.26 Å². The average molecular weight is 414 g/mol. The summed E-state index contributed by atoms with van der Waals surface area (Å²) in [7, 11) is 0. The third-order valence-electron chi connectivity index (χ3n) is 4.09. The van der Waals surface area contributed by atoms with Crippen molar-refractivity contribution in [2.45, 2.75) is 6.42 Å². The second-order valence-corrected chi connectivity index (χ2v) is 6.50. The highest BCUT2D eigenvalue weighted by atomic mass is 35.5. The minimum absolute atomic E-state index is 0.0893. The molecule has 0 fully saturated rings. The highest BCUT2D eigenvalue weighted by molar-refractivity contribution is 6.31. The Morgan fingerprint density at radius 3 is 2.86 bits per heavy atom. The maximum atomic E-state index is 12.1. The number of anilines is 2. The Hall–Kier alpha value is -3.57. The normalized spacial score (nSPS) is 12.4. The van der Waals surface area contributed by atoms with E-state index in [1.807, 2.05) is 6.07 Å². The smallest absolute Gasteiger partial charge is 0.308 e. The number of ether oxygens (including phenoxy) is 2. The first-order valence-electron chi connectivity index (χ1n) is 8.65. The fraction of sp³-hybridized carbons (Fsp3) is 0.200. The molecule has 2 aromatic rings. The number of nitrogens with one attached hydrogen (secondary N) is 1. The summed E-state index contributed by atoms with van der Waals surface area (Å²) in [5.41, 5.74) is 1.05. The number of para-hydroxylation sites is 2. The van der Waals surface area contributed by atoms with Crippen LogP contribution in [0.5, 0.6) is 5.75 Å². The maximum Gasteiger partial charge on any atom is 0.308 e. The molecular weight excluding hydrogens is 398 g/mol. The van der Waals surface area contributed by atoms with Crippen molar-refractivity contribution >= 4 is 40.8 Å². The van der Waals surface area contributed by atoms with E-state index in [0.29, 0.717) is 16.5 Å². The number of hydrogen-bond acceptors (Lipinski definition) is 6. The summed E-state index contributed by atoms with van der Waals surface area (Å²) < 4.78 is 10.3. The van der Waals surface area contributed by atoms with Gasteiger partial charge in [-0.05, 0) is 30.3 Å². The van der Waals surface area contributed by atoms with E-state index < -0.39 is 18.5 Å². The van der Waals surface area contributed by atoms with Crippen molar-refractivity contribution in [3.63, 3.8) is 0 Å². The summed E-state index contributed by atoms with van der Waals surface area (Å²) in [6.07, 6.45) is -0.0893. The maximum absolute atomic E-state index is 12.1. The molecule has 29 heavy (non-hydrogen) atoms. The molecule has 0 unspecified atom stereocenters. The van der Waals surface area contributed by atoms with Crippen LogP contribution in [0.3, 0.4) is 0 Å². The van der Waals surface area contributed by atoms with Crippen LogP contribution in [0.1, 0.15) is 12.0 Å². The van der Waals surface area contributed by atoms with Gasteiger partial charge in [-0.15, -0.1) is 0 Å². The molecule has 0 aromatic heterocycles. The highest BCUT2D eigenvalue weighted by Gasteiger charge is 2.25. The number of rotatable bonds is 6. The molecule has 2 aromatic carbocycles. The van der Waals surface area contributed by atoms with Gasteiger partial charge in [0.05, 0.1) is 23.4 Å². The van der Waals surface area contributed by atoms with Gasteiger partial charge < -0.3 is 19.7 Å². The molecular formula is C20H16ClN3O5. The minimum atomic E-state index is -0.636. The number of nitrogens with zero attached hydrogens (tertiary/aromatic N) is 2. The first-order chi connectivity index (χ1) is 14.0. The Labute approximate surface area is 171 Å². The quantitative estimate of drug-likeness (QED) is 0.729. The third kappa shape index (κ3) is 5.03. The molecule has 1 aliphatic heterocycles. The minimum Gasteiger partial charge on any atom is -0.482 e. The zero-order chi connectivity index (χ0) is 20.8. The van der Waals surface area contributed by atoms with Gasteiger partial charge in [0.25, 0.3) is 11.8 Å². The van der Waals surface area contributed by atoms with Gasteiger partial charge in [-0.25, -0.2) is 0 Å². The number of fused-ring (bicyclic) bond motifs is 1. The van der Waals surface area contributed by atoms with Gasteiger partial charge in [0.2, 0.25) is 0 Å². The molecule has 0 saturated heterocycles. The van der Waals surface area contributed by atoms with Crippen LogP contribution in [0.4, 0.5) is 11.4 Å². The van der Waals surface area contributed by atoms with Crippen LogP contribution >= 0.6 is 11.6 Å². The monoisotopic (exact) mass is 413 g/mol. The standard InChI is InChI=1S/C20H16ClN3O5/c21-14-6-5-13(10-22)15(9-14)23-18(25)11-29-20(27)7-8-24-16-3-1-2-4-17(16)28-12-19(24)26/h1-6,9H,7-8,11-12H2,(H,23,25).